The number of imide groups is 1. The first-order valence-corrected chi connectivity index (χ1v) is 4.02. The number of carbonyl (C=O) groups is 3. The van der Waals surface area contributed by atoms with Crippen molar-refractivity contribution < 1.29 is 19.1 Å². The largest absolute Gasteiger partial charge is 0.419 e. The van der Waals surface area contributed by atoms with Crippen LogP contribution in [0.25, 0.3) is 0 Å². The highest BCUT2D eigenvalue weighted by molar-refractivity contribution is 6.05. The number of nitrogens with zero attached hydrogens (tertiary/aromatic N) is 2. The van der Waals surface area contributed by atoms with E-state index in [-0.39, 0.29) is 6.54 Å². The SMILES string of the molecule is CN1C(=O)OC2(CNC(=O)N2C)C1=O. The predicted molar refractivity (Wildman–Crippen MR) is 43.1 cm³/mol. The Labute approximate surface area is 79.6 Å². The molecule has 2 fully saturated rings. The zero-order valence-electron chi connectivity index (χ0n) is 7.73. The molecule has 0 aromatic carbocycles. The van der Waals surface area contributed by atoms with Gasteiger partial charge in [-0.25, -0.2) is 14.5 Å². The van der Waals surface area contributed by atoms with Gasteiger partial charge in [0.15, 0.2) is 0 Å². The number of nitrogens with one attached hydrogen (secondary N) is 1. The van der Waals surface area contributed by atoms with Crippen molar-refractivity contribution in [2.24, 2.45) is 0 Å². The fourth-order valence-corrected chi connectivity index (χ4v) is 1.52. The third kappa shape index (κ3) is 0.785. The van der Waals surface area contributed by atoms with E-state index in [1.807, 2.05) is 0 Å². The van der Waals surface area contributed by atoms with Crippen LogP contribution >= 0.6 is 0 Å². The summed E-state index contributed by atoms with van der Waals surface area (Å²) in [5.74, 6) is -0.525. The van der Waals surface area contributed by atoms with E-state index in [4.69, 9.17) is 4.74 Å². The Morgan fingerprint density at radius 3 is 2.36 bits per heavy atom. The molecule has 1 spiro atoms. The standard InChI is InChI=1S/C7H9N3O4/c1-9-4(11)7(14-6(9)13)3-8-5(12)10(7)2/h3H2,1-2H3,(H,8,12). The van der Waals surface area contributed by atoms with Gasteiger partial charge in [-0.15, -0.1) is 0 Å². The summed E-state index contributed by atoms with van der Waals surface area (Å²) in [6, 6.07) is -0.429. The summed E-state index contributed by atoms with van der Waals surface area (Å²) >= 11 is 0. The van der Waals surface area contributed by atoms with Gasteiger partial charge in [0.2, 0.25) is 0 Å². The van der Waals surface area contributed by atoms with Crippen LogP contribution in [0.3, 0.4) is 0 Å². The summed E-state index contributed by atoms with van der Waals surface area (Å²) < 4.78 is 4.90. The maximum Gasteiger partial charge on any atom is 0.419 e. The Morgan fingerprint density at radius 2 is 2.00 bits per heavy atom. The number of ether oxygens (including phenoxy) is 1. The predicted octanol–water partition coefficient (Wildman–Crippen LogP) is -1.05. The maximum atomic E-state index is 11.6. The number of likely N-dealkylation sites (N-methyl/N-ethyl adjacent to an activating group) is 2. The van der Waals surface area contributed by atoms with Crippen molar-refractivity contribution in [1.29, 1.82) is 0 Å². The molecule has 4 amide bonds. The molecule has 2 aliphatic heterocycles. The van der Waals surface area contributed by atoms with E-state index in [2.05, 4.69) is 5.32 Å². The van der Waals surface area contributed by atoms with Crippen LogP contribution in [0.15, 0.2) is 0 Å². The van der Waals surface area contributed by atoms with Gasteiger partial charge in [0.25, 0.3) is 11.6 Å². The summed E-state index contributed by atoms with van der Waals surface area (Å²) in [6.45, 7) is -0.00273. The lowest BCUT2D eigenvalue weighted by molar-refractivity contribution is -0.143. The number of hydrogen-bond donors (Lipinski definition) is 1. The van der Waals surface area contributed by atoms with Gasteiger partial charge < -0.3 is 10.1 Å². The highest BCUT2D eigenvalue weighted by Gasteiger charge is 2.60. The van der Waals surface area contributed by atoms with Crippen LogP contribution in [0.2, 0.25) is 0 Å². The summed E-state index contributed by atoms with van der Waals surface area (Å²) in [5.41, 5.74) is -1.47. The Morgan fingerprint density at radius 1 is 1.36 bits per heavy atom. The van der Waals surface area contributed by atoms with Crippen molar-refractivity contribution in [3.8, 4) is 0 Å². The van der Waals surface area contributed by atoms with Crippen molar-refractivity contribution in [2.45, 2.75) is 5.72 Å². The van der Waals surface area contributed by atoms with Crippen LogP contribution in [-0.4, -0.2) is 54.2 Å². The highest BCUT2D eigenvalue weighted by Crippen LogP contribution is 2.29. The van der Waals surface area contributed by atoms with E-state index in [9.17, 15) is 14.4 Å². The van der Waals surface area contributed by atoms with E-state index in [0.29, 0.717) is 0 Å². The summed E-state index contributed by atoms with van der Waals surface area (Å²) in [6.07, 6.45) is -0.738. The summed E-state index contributed by atoms with van der Waals surface area (Å²) in [7, 11) is 2.72. The van der Waals surface area contributed by atoms with Crippen LogP contribution in [-0.2, 0) is 9.53 Å². The monoisotopic (exact) mass is 199 g/mol. The smallest absolute Gasteiger partial charge is 0.410 e. The quantitative estimate of drug-likeness (QED) is 0.539. The van der Waals surface area contributed by atoms with Gasteiger partial charge >= 0.3 is 12.1 Å². The minimum atomic E-state index is -1.47. The molecule has 7 heteroatoms. The van der Waals surface area contributed by atoms with Gasteiger partial charge in [-0.05, 0) is 0 Å². The second-order valence-corrected chi connectivity index (χ2v) is 3.23. The molecule has 1 unspecified atom stereocenters. The van der Waals surface area contributed by atoms with Crippen molar-refractivity contribution in [2.75, 3.05) is 20.6 Å². The maximum absolute atomic E-state index is 11.6. The third-order valence-corrected chi connectivity index (χ3v) is 2.49. The van der Waals surface area contributed by atoms with E-state index in [0.717, 1.165) is 9.80 Å². The topological polar surface area (TPSA) is 79.0 Å². The number of rotatable bonds is 0. The van der Waals surface area contributed by atoms with E-state index in [1.165, 1.54) is 14.1 Å². The lowest BCUT2D eigenvalue weighted by Crippen LogP contribution is -2.51. The fourth-order valence-electron chi connectivity index (χ4n) is 1.52. The molecule has 2 heterocycles. The second kappa shape index (κ2) is 2.37. The Kier molecular flexibility index (Phi) is 1.49. The summed E-state index contributed by atoms with van der Waals surface area (Å²) in [4.78, 5) is 35.9. The molecule has 0 saturated carbocycles. The molecular formula is C7H9N3O4. The zero-order valence-corrected chi connectivity index (χ0v) is 7.73. The van der Waals surface area contributed by atoms with E-state index in [1.54, 1.807) is 0 Å². The first-order valence-electron chi connectivity index (χ1n) is 4.02. The van der Waals surface area contributed by atoms with Gasteiger partial charge in [-0.2, -0.15) is 0 Å². The van der Waals surface area contributed by atoms with Gasteiger partial charge in [-0.3, -0.25) is 9.69 Å². The van der Waals surface area contributed by atoms with Crippen LogP contribution < -0.4 is 5.32 Å². The second-order valence-electron chi connectivity index (χ2n) is 3.23. The first kappa shape index (κ1) is 8.79. The molecule has 2 saturated heterocycles. The molecule has 1 atom stereocenters. The Hall–Kier alpha value is -1.79. The van der Waals surface area contributed by atoms with Crippen LogP contribution in [0.5, 0.6) is 0 Å². The molecule has 1 N–H and O–H groups in total. The van der Waals surface area contributed by atoms with Crippen molar-refractivity contribution in [3.05, 3.63) is 0 Å². The molecule has 2 aliphatic rings. The van der Waals surface area contributed by atoms with Crippen LogP contribution in [0.1, 0.15) is 0 Å². The average Bonchev–Trinajstić information content (AvgIpc) is 2.55. The number of carbonyl (C=O) groups excluding carboxylic acids is 3. The van der Waals surface area contributed by atoms with Gasteiger partial charge in [0.05, 0.1) is 6.54 Å². The number of amides is 4. The van der Waals surface area contributed by atoms with Crippen LogP contribution in [0, 0.1) is 0 Å². The molecule has 0 aromatic rings. The zero-order chi connectivity index (χ0) is 10.5. The first-order chi connectivity index (χ1) is 6.49. The van der Waals surface area contributed by atoms with Gasteiger partial charge in [0, 0.05) is 14.1 Å². The molecule has 0 aromatic heterocycles. The normalized spacial score (nSPS) is 31.4. The molecule has 0 radical (unpaired) electrons. The van der Waals surface area contributed by atoms with Crippen molar-refractivity contribution in [3.63, 3.8) is 0 Å². The average molecular weight is 199 g/mol. The van der Waals surface area contributed by atoms with E-state index >= 15 is 0 Å². The van der Waals surface area contributed by atoms with Crippen molar-refractivity contribution in [1.82, 2.24) is 15.1 Å². The molecule has 14 heavy (non-hydrogen) atoms. The van der Waals surface area contributed by atoms with E-state index < -0.39 is 23.8 Å². The molecule has 7 nitrogen and oxygen atoms in total. The molecule has 0 bridgehead atoms. The Balaban J connectivity index is 2.39. The van der Waals surface area contributed by atoms with Crippen molar-refractivity contribution >= 4 is 18.0 Å². The van der Waals surface area contributed by atoms with Crippen LogP contribution in [0.4, 0.5) is 9.59 Å². The molecule has 0 aliphatic carbocycles. The lowest BCUT2D eigenvalue weighted by Gasteiger charge is -2.24. The van der Waals surface area contributed by atoms with Gasteiger partial charge in [-0.1, -0.05) is 0 Å². The molecule has 2 rings (SSSR count). The highest BCUT2D eigenvalue weighted by atomic mass is 16.6. The summed E-state index contributed by atoms with van der Waals surface area (Å²) in [5, 5.41) is 2.44. The fraction of sp³-hybridized carbons (Fsp3) is 0.571. The van der Waals surface area contributed by atoms with Gasteiger partial charge in [0.1, 0.15) is 0 Å². The molecule has 76 valence electrons. The lowest BCUT2D eigenvalue weighted by atomic mass is 10.2. The number of urea groups is 1. The molecular weight excluding hydrogens is 190 g/mol. The third-order valence-electron chi connectivity index (χ3n) is 2.49. The number of hydrogen-bond acceptors (Lipinski definition) is 4. The minimum absolute atomic E-state index is 0.00273. The minimum Gasteiger partial charge on any atom is -0.410 e. The Bertz CT molecular complexity index is 342.